The third kappa shape index (κ3) is 4.32. The maximum atomic E-state index is 4.01. The first-order chi connectivity index (χ1) is 17.0. The first kappa shape index (κ1) is 24.3. The molecule has 0 radical (unpaired) electrons. The molecule has 36 heavy (non-hydrogen) atoms. The summed E-state index contributed by atoms with van der Waals surface area (Å²) in [5, 5.41) is 0. The molecule has 0 atom stereocenters. The highest BCUT2D eigenvalue weighted by molar-refractivity contribution is 5.79. The number of benzene rings is 3. The van der Waals surface area contributed by atoms with Crippen LogP contribution in [0.1, 0.15) is 69.4 Å². The van der Waals surface area contributed by atoms with E-state index in [4.69, 9.17) is 0 Å². The normalized spacial score (nSPS) is 12.9. The van der Waals surface area contributed by atoms with E-state index in [1.807, 2.05) is 6.08 Å². The molecule has 0 bridgehead atoms. The molecule has 0 N–H and O–H groups in total. The number of hydrogen-bond donors (Lipinski definition) is 0. The molecule has 1 aromatic heterocycles. The summed E-state index contributed by atoms with van der Waals surface area (Å²) in [6, 6.07) is 25.0. The molecule has 0 amide bonds. The second-order valence-corrected chi connectivity index (χ2v) is 12.3. The maximum Gasteiger partial charge on any atom is 0.213 e. The number of aryl methyl sites for hydroxylation is 1. The van der Waals surface area contributed by atoms with E-state index in [1.165, 1.54) is 61.3 Å². The van der Waals surface area contributed by atoms with Crippen molar-refractivity contribution in [2.24, 2.45) is 0 Å². The zero-order valence-corrected chi connectivity index (χ0v) is 22.9. The first-order valence-electron chi connectivity index (χ1n) is 13.0. The largest absolute Gasteiger partial charge is 0.213 e. The Hall–Kier alpha value is -3.45. The molecule has 3 aromatic carbocycles. The second-order valence-electron chi connectivity index (χ2n) is 12.3. The van der Waals surface area contributed by atoms with Crippen molar-refractivity contribution in [3.63, 3.8) is 0 Å². The van der Waals surface area contributed by atoms with Crippen molar-refractivity contribution in [1.82, 2.24) is 0 Å². The Morgan fingerprint density at radius 3 is 2.03 bits per heavy atom. The van der Waals surface area contributed by atoms with Crippen LogP contribution in [0.2, 0.25) is 0 Å². The number of fused-ring (bicyclic) bond motifs is 3. The van der Waals surface area contributed by atoms with Crippen LogP contribution in [-0.4, -0.2) is 0 Å². The summed E-state index contributed by atoms with van der Waals surface area (Å²) in [7, 11) is 0. The van der Waals surface area contributed by atoms with Gasteiger partial charge in [-0.05, 0) is 68.8 Å². The van der Waals surface area contributed by atoms with Crippen molar-refractivity contribution in [3.8, 4) is 33.5 Å². The molecule has 0 saturated carbocycles. The smallest absolute Gasteiger partial charge is 0.193 e. The van der Waals surface area contributed by atoms with Gasteiger partial charge in [-0.25, -0.2) is 0 Å². The molecule has 1 nitrogen and oxygen atoms in total. The Bertz CT molecular complexity index is 1460. The summed E-state index contributed by atoms with van der Waals surface area (Å²) in [4.78, 5) is 0. The van der Waals surface area contributed by atoms with E-state index in [0.29, 0.717) is 0 Å². The van der Waals surface area contributed by atoms with E-state index in [1.54, 1.807) is 0 Å². The van der Waals surface area contributed by atoms with Gasteiger partial charge in [-0.15, -0.1) is 0 Å². The van der Waals surface area contributed by atoms with E-state index < -0.39 is 0 Å². The average molecular weight is 473 g/mol. The van der Waals surface area contributed by atoms with Gasteiger partial charge in [-0.1, -0.05) is 103 Å². The highest BCUT2D eigenvalue weighted by Crippen LogP contribution is 2.37. The first-order valence-corrected chi connectivity index (χ1v) is 13.0. The minimum Gasteiger partial charge on any atom is -0.193 e. The molecule has 5 rings (SSSR count). The Balaban J connectivity index is 1.59. The van der Waals surface area contributed by atoms with Crippen LogP contribution < -0.4 is 4.57 Å². The van der Waals surface area contributed by atoms with Crippen LogP contribution in [0.15, 0.2) is 79.5 Å². The van der Waals surface area contributed by atoms with Crippen molar-refractivity contribution >= 4 is 6.08 Å². The highest BCUT2D eigenvalue weighted by Gasteiger charge is 2.29. The third-order valence-corrected chi connectivity index (χ3v) is 7.56. The van der Waals surface area contributed by atoms with Gasteiger partial charge in [0, 0.05) is 17.2 Å². The lowest BCUT2D eigenvalue weighted by Gasteiger charge is -2.26. The van der Waals surface area contributed by atoms with Crippen LogP contribution in [0.3, 0.4) is 0 Å². The minimum absolute atomic E-state index is 0.0994. The molecule has 0 aliphatic carbocycles. The molecular formula is C35H38N+. The summed E-state index contributed by atoms with van der Waals surface area (Å²) in [6.07, 6.45) is 4.31. The fourth-order valence-corrected chi connectivity index (χ4v) is 5.27. The molecule has 0 unspecified atom stereocenters. The van der Waals surface area contributed by atoms with Gasteiger partial charge in [0.25, 0.3) is 0 Å². The van der Waals surface area contributed by atoms with Crippen LogP contribution in [0.4, 0.5) is 0 Å². The van der Waals surface area contributed by atoms with Crippen molar-refractivity contribution in [1.29, 1.82) is 0 Å². The minimum atomic E-state index is 0.0994. The molecule has 4 aromatic rings. The van der Waals surface area contributed by atoms with Gasteiger partial charge in [0.1, 0.15) is 0 Å². The number of nitrogens with zero attached hydrogens (tertiary/aromatic N) is 1. The summed E-state index contributed by atoms with van der Waals surface area (Å²) < 4.78 is 2.43. The quantitative estimate of drug-likeness (QED) is 0.231. The van der Waals surface area contributed by atoms with Crippen molar-refractivity contribution in [2.75, 3.05) is 0 Å². The lowest BCUT2D eigenvalue weighted by atomic mass is 9.78. The van der Waals surface area contributed by atoms with Gasteiger partial charge in [0.05, 0.1) is 5.56 Å². The van der Waals surface area contributed by atoms with Gasteiger partial charge in [-0.3, -0.25) is 0 Å². The number of pyridine rings is 1. The number of aromatic nitrogens is 1. The molecule has 182 valence electrons. The molecule has 0 saturated heterocycles. The van der Waals surface area contributed by atoms with E-state index in [-0.39, 0.29) is 10.8 Å². The Morgan fingerprint density at radius 1 is 0.722 bits per heavy atom. The Kier molecular flexibility index (Phi) is 5.79. The highest BCUT2D eigenvalue weighted by atomic mass is 15.0. The van der Waals surface area contributed by atoms with Crippen LogP contribution >= 0.6 is 0 Å². The molecule has 1 aliphatic rings. The fourth-order valence-electron chi connectivity index (χ4n) is 5.27. The molecular weight excluding hydrogens is 434 g/mol. The maximum absolute atomic E-state index is 4.01. The average Bonchev–Trinajstić information content (AvgIpc) is 3.18. The summed E-state index contributed by atoms with van der Waals surface area (Å²) in [6.45, 7) is 21.0. The van der Waals surface area contributed by atoms with Gasteiger partial charge in [-0.2, -0.15) is 4.57 Å². The van der Waals surface area contributed by atoms with Gasteiger partial charge >= 0.3 is 0 Å². The monoisotopic (exact) mass is 472 g/mol. The van der Waals surface area contributed by atoms with Gasteiger partial charge in [0.2, 0.25) is 5.69 Å². The Labute approximate surface area is 217 Å². The molecule has 2 heterocycles. The summed E-state index contributed by atoms with van der Waals surface area (Å²) in [5.41, 5.74) is 14.6. The van der Waals surface area contributed by atoms with Gasteiger partial charge < -0.3 is 0 Å². The van der Waals surface area contributed by atoms with Gasteiger partial charge in [0.15, 0.2) is 12.7 Å². The van der Waals surface area contributed by atoms with E-state index in [9.17, 15) is 0 Å². The number of rotatable bonds is 3. The van der Waals surface area contributed by atoms with Crippen molar-refractivity contribution in [2.45, 2.75) is 65.8 Å². The van der Waals surface area contributed by atoms with Crippen molar-refractivity contribution in [3.05, 3.63) is 107 Å². The number of hydrogen-bond acceptors (Lipinski definition) is 0. The van der Waals surface area contributed by atoms with E-state index >= 15 is 0 Å². The van der Waals surface area contributed by atoms with Crippen LogP contribution in [-0.2, 0) is 17.4 Å². The van der Waals surface area contributed by atoms with Crippen LogP contribution in [0, 0.1) is 6.92 Å². The molecule has 1 aliphatic heterocycles. The molecule has 0 spiro atoms. The van der Waals surface area contributed by atoms with Crippen LogP contribution in [0.5, 0.6) is 0 Å². The molecule has 1 heteroatoms. The second kappa shape index (κ2) is 8.59. The topological polar surface area (TPSA) is 3.88 Å². The lowest BCUT2D eigenvalue weighted by Crippen LogP contribution is -2.32. The SMILES string of the molecule is C=Cc1ccccc1-c1ccc2c(c1)C[n+]1cc(-c3cc(C(C)(C)C)cc(C(C)(C)C)c3)c(C)cc1-2. The predicted octanol–water partition coefficient (Wildman–Crippen LogP) is 8.88. The zero-order valence-electron chi connectivity index (χ0n) is 22.9. The van der Waals surface area contributed by atoms with Crippen molar-refractivity contribution < 1.29 is 4.57 Å². The van der Waals surface area contributed by atoms with E-state index in [0.717, 1.165) is 6.54 Å². The summed E-state index contributed by atoms with van der Waals surface area (Å²) >= 11 is 0. The Morgan fingerprint density at radius 2 is 1.39 bits per heavy atom. The predicted molar refractivity (Wildman–Crippen MR) is 154 cm³/mol. The zero-order chi connectivity index (χ0) is 25.8. The molecule has 0 fully saturated rings. The van der Waals surface area contributed by atoms with Crippen LogP contribution in [0.25, 0.3) is 39.6 Å². The van der Waals surface area contributed by atoms with E-state index in [2.05, 4.69) is 133 Å². The fraction of sp³-hybridized carbons (Fsp3) is 0.286. The lowest BCUT2D eigenvalue weighted by molar-refractivity contribution is -0.671. The summed E-state index contributed by atoms with van der Waals surface area (Å²) in [5.74, 6) is 0. The standard InChI is InChI=1S/C35H38N/c1-9-24-12-10-11-13-30(24)25-14-15-31-27(17-25)21-36-22-32(23(2)16-33(31)36)26-18-28(34(3,4)5)20-29(19-26)35(6,7)8/h9-20,22H,1,21H2,2-8H3/q+1. The third-order valence-electron chi connectivity index (χ3n) is 7.56.